The predicted molar refractivity (Wildman–Crippen MR) is 226 cm³/mol. The maximum absolute atomic E-state index is 13.6. The molecule has 0 radical (unpaired) electrons. The highest BCUT2D eigenvalue weighted by Gasteiger charge is 2.33. The monoisotopic (exact) mass is 894 g/mol. The van der Waals surface area contributed by atoms with Crippen molar-refractivity contribution >= 4 is 34.6 Å². The summed E-state index contributed by atoms with van der Waals surface area (Å²) in [6.07, 6.45) is -5.28. The van der Waals surface area contributed by atoms with Crippen molar-refractivity contribution in [3.8, 4) is 34.5 Å². The van der Waals surface area contributed by atoms with E-state index in [1.165, 1.54) is 38.1 Å². The van der Waals surface area contributed by atoms with Crippen LogP contribution in [-0.2, 0) is 28.6 Å². The fourth-order valence-electron chi connectivity index (χ4n) is 5.30. The minimum absolute atomic E-state index is 0.00945. The maximum atomic E-state index is 13.6. The molecule has 17 heteroatoms. The molecule has 0 bridgehead atoms. The molecule has 0 aliphatic heterocycles. The number of unbranched alkanes of at least 4 members (excludes halogenated alkanes) is 1. The summed E-state index contributed by atoms with van der Waals surface area (Å²) in [5.74, 6) is -3.33. The number of carbonyl (C=O) groups excluding carboxylic acids is 4. The lowest BCUT2D eigenvalue weighted by Crippen LogP contribution is -2.18. The maximum Gasteiger partial charge on any atom is 0.573 e. The van der Waals surface area contributed by atoms with Gasteiger partial charge in [-0.1, -0.05) is 31.9 Å². The van der Waals surface area contributed by atoms with E-state index in [0.29, 0.717) is 42.6 Å². The molecular weight excluding hydrogens is 845 g/mol. The smallest absolute Gasteiger partial charge is 0.494 e. The molecule has 0 aliphatic carbocycles. The summed E-state index contributed by atoms with van der Waals surface area (Å²) < 4.78 is 88.6. The van der Waals surface area contributed by atoms with E-state index in [9.17, 15) is 37.5 Å². The second kappa shape index (κ2) is 24.0. The highest BCUT2D eigenvalue weighted by atomic mass is 19.4. The number of esters is 4. The van der Waals surface area contributed by atoms with Gasteiger partial charge in [0.25, 0.3) is 0 Å². The summed E-state index contributed by atoms with van der Waals surface area (Å²) >= 11 is 0. The molecule has 0 heterocycles. The van der Waals surface area contributed by atoms with Crippen LogP contribution in [-0.4, -0.2) is 75.0 Å². The van der Waals surface area contributed by atoms with Crippen molar-refractivity contribution in [1.29, 1.82) is 0 Å². The van der Waals surface area contributed by atoms with E-state index < -0.39 is 48.0 Å². The summed E-state index contributed by atoms with van der Waals surface area (Å²) in [7, 11) is 0. The topological polar surface area (TPSA) is 172 Å². The molecule has 1 N–H and O–H groups in total. The molecule has 4 rings (SSSR count). The van der Waals surface area contributed by atoms with E-state index in [1.54, 1.807) is 37.3 Å². The van der Waals surface area contributed by atoms with Gasteiger partial charge in [-0.25, -0.2) is 19.2 Å². The summed E-state index contributed by atoms with van der Waals surface area (Å²) in [5.41, 5.74) is 0.928. The van der Waals surface area contributed by atoms with Gasteiger partial charge >= 0.3 is 30.2 Å². The molecule has 0 amide bonds. The molecule has 0 fully saturated rings. The van der Waals surface area contributed by atoms with Crippen LogP contribution in [0.15, 0.2) is 109 Å². The zero-order valence-corrected chi connectivity index (χ0v) is 35.6. The Morgan fingerprint density at radius 3 is 1.69 bits per heavy atom. The number of hydrogen-bond acceptors (Lipinski definition) is 14. The number of hydrogen-bond donors (Lipinski definition) is 1. The fraction of sp³-hybridized carbons (Fsp3) is 0.319. The van der Waals surface area contributed by atoms with Crippen molar-refractivity contribution in [3.05, 3.63) is 120 Å². The van der Waals surface area contributed by atoms with Gasteiger partial charge in [0.05, 0.1) is 45.2 Å². The molecule has 0 aliphatic rings. The third-order valence-corrected chi connectivity index (χ3v) is 8.54. The number of carbonyl (C=O) groups is 4. The largest absolute Gasteiger partial charge is 0.573 e. The van der Waals surface area contributed by atoms with Crippen molar-refractivity contribution < 1.29 is 80.1 Å². The molecular formula is C47H49F3O14. The number of rotatable bonds is 25. The van der Waals surface area contributed by atoms with E-state index in [0.717, 1.165) is 23.6 Å². The van der Waals surface area contributed by atoms with Crippen molar-refractivity contribution in [1.82, 2.24) is 0 Å². The molecule has 0 aromatic heterocycles. The second-order valence-corrected chi connectivity index (χ2v) is 14.2. The third kappa shape index (κ3) is 16.4. The highest BCUT2D eigenvalue weighted by Crippen LogP contribution is 2.39. The first-order chi connectivity index (χ1) is 30.4. The van der Waals surface area contributed by atoms with E-state index in [-0.39, 0.29) is 79.0 Å². The van der Waals surface area contributed by atoms with Gasteiger partial charge in [0.15, 0.2) is 23.0 Å². The Hall–Kier alpha value is -7.01. The lowest BCUT2D eigenvalue weighted by atomic mass is 10.1. The zero-order valence-electron chi connectivity index (χ0n) is 35.6. The van der Waals surface area contributed by atoms with E-state index in [4.69, 9.17) is 37.9 Å². The SMILES string of the molecule is C=C(C)C(=O)OCCCCOc1ccc2cc(C(=O)Oc3ccc(OC(O)c4ccc(OCCCOC(=O)C(=C)C)c(OCCCOC(=O)C(=C)C)c4)c(OC(F)(F)F)c3)ccc2c1. The molecule has 0 saturated carbocycles. The second-order valence-electron chi connectivity index (χ2n) is 14.2. The standard InChI is InChI=1S/C47H49F3O14/c1-29(2)42(51)59-20-8-7-19-56-36-15-13-32-25-34(12-11-33(32)26-36)45(54)62-37-16-18-39(41(28-37)64-47(48,49)50)63-46(55)35-14-17-38(57-21-9-23-60-43(52)30(3)4)40(27-35)58-22-10-24-61-44(53)31(5)6/h11-18,25-28,46,55H,1,3,5,7-10,19-24H2,2,4,6H3. The summed E-state index contributed by atoms with van der Waals surface area (Å²) in [6, 6.07) is 17.1. The quantitative estimate of drug-likeness (QED) is 0.0167. The lowest BCUT2D eigenvalue weighted by molar-refractivity contribution is -0.275. The van der Waals surface area contributed by atoms with Gasteiger partial charge in [-0.3, -0.25) is 0 Å². The fourth-order valence-corrected chi connectivity index (χ4v) is 5.30. The zero-order chi connectivity index (χ0) is 46.8. The average molecular weight is 895 g/mol. The van der Waals surface area contributed by atoms with Gasteiger partial charge in [-0.2, -0.15) is 0 Å². The molecule has 342 valence electrons. The molecule has 14 nitrogen and oxygen atoms in total. The number of halogens is 3. The first-order valence-electron chi connectivity index (χ1n) is 19.9. The van der Waals surface area contributed by atoms with E-state index in [2.05, 4.69) is 24.5 Å². The summed E-state index contributed by atoms with van der Waals surface area (Å²) in [4.78, 5) is 48.0. The van der Waals surface area contributed by atoms with Crippen LogP contribution >= 0.6 is 0 Å². The first kappa shape index (κ1) is 49.6. The van der Waals surface area contributed by atoms with Crippen LogP contribution in [0.5, 0.6) is 34.5 Å². The number of aliphatic hydroxyl groups is 1. The molecule has 0 saturated heterocycles. The first-order valence-corrected chi connectivity index (χ1v) is 19.9. The average Bonchev–Trinajstić information content (AvgIpc) is 3.24. The van der Waals surface area contributed by atoms with Gasteiger partial charge in [0.2, 0.25) is 6.29 Å². The summed E-state index contributed by atoms with van der Waals surface area (Å²) in [5, 5.41) is 12.5. The lowest BCUT2D eigenvalue weighted by Gasteiger charge is -2.20. The molecule has 1 unspecified atom stereocenters. The van der Waals surface area contributed by atoms with Crippen molar-refractivity contribution in [3.63, 3.8) is 0 Å². The predicted octanol–water partition coefficient (Wildman–Crippen LogP) is 9.08. The number of aliphatic hydroxyl groups excluding tert-OH is 1. The van der Waals surface area contributed by atoms with Crippen molar-refractivity contribution in [2.75, 3.05) is 39.6 Å². The van der Waals surface area contributed by atoms with Crippen LogP contribution in [0, 0.1) is 0 Å². The Morgan fingerprint density at radius 1 is 0.562 bits per heavy atom. The molecule has 4 aromatic rings. The van der Waals surface area contributed by atoms with Crippen LogP contribution in [0.25, 0.3) is 10.8 Å². The van der Waals surface area contributed by atoms with Crippen LogP contribution in [0.3, 0.4) is 0 Å². The number of alkyl halides is 3. The summed E-state index contributed by atoms with van der Waals surface area (Å²) in [6.45, 7) is 16.0. The minimum Gasteiger partial charge on any atom is -0.494 e. The van der Waals surface area contributed by atoms with Gasteiger partial charge in [0, 0.05) is 41.2 Å². The van der Waals surface area contributed by atoms with E-state index in [1.807, 2.05) is 0 Å². The van der Waals surface area contributed by atoms with Gasteiger partial charge in [0.1, 0.15) is 11.5 Å². The van der Waals surface area contributed by atoms with Gasteiger partial charge < -0.3 is 47.7 Å². The number of ether oxygens (including phenoxy) is 9. The molecule has 1 atom stereocenters. The van der Waals surface area contributed by atoms with Crippen LogP contribution in [0.1, 0.15) is 68.7 Å². The minimum atomic E-state index is -5.20. The molecule has 0 spiro atoms. The van der Waals surface area contributed by atoms with Crippen LogP contribution in [0.2, 0.25) is 0 Å². The normalized spacial score (nSPS) is 11.4. The Morgan fingerprint density at radius 2 is 1.08 bits per heavy atom. The number of benzene rings is 4. The Balaban J connectivity index is 1.43. The van der Waals surface area contributed by atoms with Gasteiger partial charge in [-0.05, 0) is 99.0 Å². The van der Waals surface area contributed by atoms with Gasteiger partial charge in [-0.15, -0.1) is 13.2 Å². The Labute approximate surface area is 367 Å². The van der Waals surface area contributed by atoms with Crippen LogP contribution < -0.4 is 28.4 Å². The Kier molecular flexibility index (Phi) is 18.6. The van der Waals surface area contributed by atoms with Crippen LogP contribution in [0.4, 0.5) is 13.2 Å². The third-order valence-electron chi connectivity index (χ3n) is 8.54. The Bertz CT molecular complexity index is 2320. The highest BCUT2D eigenvalue weighted by molar-refractivity contribution is 5.97. The molecule has 64 heavy (non-hydrogen) atoms. The number of fused-ring (bicyclic) bond motifs is 1. The molecule has 4 aromatic carbocycles. The van der Waals surface area contributed by atoms with E-state index >= 15 is 0 Å². The van der Waals surface area contributed by atoms with Crippen molar-refractivity contribution in [2.24, 2.45) is 0 Å². The van der Waals surface area contributed by atoms with Crippen molar-refractivity contribution in [2.45, 2.75) is 59.1 Å².